The molecule has 0 spiro atoms. The molecule has 1 aliphatic rings. The number of carboxylic acids is 1. The van der Waals surface area contributed by atoms with Crippen molar-refractivity contribution in [3.63, 3.8) is 0 Å². The van der Waals surface area contributed by atoms with Gasteiger partial charge >= 0.3 is 5.97 Å². The number of hydrogen-bond donors (Lipinski definition) is 1. The normalized spacial score (nSPS) is 14.7. The topological polar surface area (TPSA) is 76.0 Å². The summed E-state index contributed by atoms with van der Waals surface area (Å²) in [5.74, 6) is 0.522. The van der Waals surface area contributed by atoms with Crippen molar-refractivity contribution in [1.82, 2.24) is 14.3 Å². The first kappa shape index (κ1) is 11.6. The molecule has 2 aromatic rings. The standard InChI is InChI=1S/C11H9N3O2S2/c15-10(16)7-3-4-8(12-5-7)17-11-13-9(14-18-11)6-1-2-6/h3-6H,1-2H2,(H,15,16). The maximum atomic E-state index is 10.7. The molecule has 0 aromatic carbocycles. The van der Waals surface area contributed by atoms with E-state index in [0.717, 1.165) is 15.2 Å². The molecule has 1 fully saturated rings. The van der Waals surface area contributed by atoms with Gasteiger partial charge in [-0.1, -0.05) is 0 Å². The molecule has 3 rings (SSSR count). The third-order valence-corrected chi connectivity index (χ3v) is 4.26. The molecule has 0 unspecified atom stereocenters. The van der Waals surface area contributed by atoms with E-state index in [1.165, 1.54) is 42.3 Å². The Morgan fingerprint density at radius 2 is 2.28 bits per heavy atom. The highest BCUT2D eigenvalue weighted by atomic mass is 32.2. The lowest BCUT2D eigenvalue weighted by Gasteiger charge is -1.97. The summed E-state index contributed by atoms with van der Waals surface area (Å²) in [5.41, 5.74) is 0.190. The van der Waals surface area contributed by atoms with E-state index in [-0.39, 0.29) is 5.56 Å². The molecule has 0 bridgehead atoms. The van der Waals surface area contributed by atoms with Crippen molar-refractivity contribution >= 4 is 29.3 Å². The van der Waals surface area contributed by atoms with Gasteiger partial charge < -0.3 is 5.11 Å². The summed E-state index contributed by atoms with van der Waals surface area (Å²) < 4.78 is 5.16. The summed E-state index contributed by atoms with van der Waals surface area (Å²) in [6.07, 6.45) is 3.73. The first-order valence-electron chi connectivity index (χ1n) is 5.43. The number of aromatic nitrogens is 3. The Labute approximate surface area is 111 Å². The maximum absolute atomic E-state index is 10.7. The second-order valence-electron chi connectivity index (χ2n) is 3.99. The van der Waals surface area contributed by atoms with Gasteiger partial charge in [0.2, 0.25) is 0 Å². The Morgan fingerprint density at radius 1 is 1.44 bits per heavy atom. The third-order valence-electron chi connectivity index (χ3n) is 2.54. The number of aromatic carboxylic acids is 1. The Bertz CT molecular complexity index is 578. The van der Waals surface area contributed by atoms with E-state index in [9.17, 15) is 4.79 Å². The lowest BCUT2D eigenvalue weighted by Crippen LogP contribution is -1.96. The molecular weight excluding hydrogens is 270 g/mol. The quantitative estimate of drug-likeness (QED) is 0.927. The van der Waals surface area contributed by atoms with E-state index < -0.39 is 5.97 Å². The van der Waals surface area contributed by atoms with Crippen LogP contribution >= 0.6 is 23.3 Å². The Morgan fingerprint density at radius 3 is 2.89 bits per heavy atom. The van der Waals surface area contributed by atoms with E-state index in [0.29, 0.717) is 5.92 Å². The van der Waals surface area contributed by atoms with Crippen LogP contribution in [0.3, 0.4) is 0 Å². The van der Waals surface area contributed by atoms with Crippen molar-refractivity contribution in [3.05, 3.63) is 29.7 Å². The zero-order chi connectivity index (χ0) is 12.5. The molecule has 7 heteroatoms. The largest absolute Gasteiger partial charge is 0.478 e. The number of nitrogens with zero attached hydrogens (tertiary/aromatic N) is 3. The average Bonchev–Trinajstić information content (AvgIpc) is 3.11. The van der Waals surface area contributed by atoms with Crippen LogP contribution in [0.5, 0.6) is 0 Å². The van der Waals surface area contributed by atoms with Gasteiger partial charge in [-0.25, -0.2) is 14.8 Å². The minimum Gasteiger partial charge on any atom is -0.478 e. The Balaban J connectivity index is 1.72. The van der Waals surface area contributed by atoms with Crippen molar-refractivity contribution in [2.45, 2.75) is 28.1 Å². The summed E-state index contributed by atoms with van der Waals surface area (Å²) >= 11 is 2.78. The molecule has 0 radical (unpaired) electrons. The fraction of sp³-hybridized carbons (Fsp3) is 0.273. The minimum absolute atomic E-state index is 0.190. The van der Waals surface area contributed by atoms with Crippen molar-refractivity contribution in [2.24, 2.45) is 0 Å². The summed E-state index contributed by atoms with van der Waals surface area (Å²) in [6.45, 7) is 0. The average molecular weight is 279 g/mol. The van der Waals surface area contributed by atoms with Crippen LogP contribution in [-0.2, 0) is 0 Å². The second-order valence-corrected chi connectivity index (χ2v) is 6.00. The first-order chi connectivity index (χ1) is 8.72. The Kier molecular flexibility index (Phi) is 3.00. The van der Waals surface area contributed by atoms with Gasteiger partial charge in [-0.2, -0.15) is 4.37 Å². The van der Waals surface area contributed by atoms with Gasteiger partial charge in [0.1, 0.15) is 10.9 Å². The lowest BCUT2D eigenvalue weighted by atomic mass is 10.3. The summed E-state index contributed by atoms with van der Waals surface area (Å²) in [5, 5.41) is 9.50. The molecule has 0 amide bonds. The van der Waals surface area contributed by atoms with Gasteiger partial charge in [-0.15, -0.1) is 0 Å². The molecule has 2 aromatic heterocycles. The number of pyridine rings is 1. The minimum atomic E-state index is -0.967. The highest BCUT2D eigenvalue weighted by Crippen LogP contribution is 2.40. The van der Waals surface area contributed by atoms with Crippen LogP contribution in [0, 0.1) is 0 Å². The molecule has 2 heterocycles. The van der Waals surface area contributed by atoms with Gasteiger partial charge in [-0.05, 0) is 48.3 Å². The van der Waals surface area contributed by atoms with E-state index >= 15 is 0 Å². The zero-order valence-electron chi connectivity index (χ0n) is 9.24. The van der Waals surface area contributed by atoms with Crippen molar-refractivity contribution in [2.75, 3.05) is 0 Å². The van der Waals surface area contributed by atoms with Crippen LogP contribution < -0.4 is 0 Å². The molecular formula is C11H9N3O2S2. The van der Waals surface area contributed by atoms with E-state index in [1.807, 2.05) is 0 Å². The molecule has 1 aliphatic carbocycles. The van der Waals surface area contributed by atoms with Crippen LogP contribution in [0.25, 0.3) is 0 Å². The van der Waals surface area contributed by atoms with Gasteiger partial charge in [0.05, 0.1) is 5.56 Å². The van der Waals surface area contributed by atoms with E-state index in [4.69, 9.17) is 5.11 Å². The predicted molar refractivity (Wildman–Crippen MR) is 67.2 cm³/mol. The van der Waals surface area contributed by atoms with Crippen molar-refractivity contribution in [3.8, 4) is 0 Å². The SMILES string of the molecule is O=C(O)c1ccc(Sc2nc(C3CC3)ns2)nc1. The summed E-state index contributed by atoms with van der Waals surface area (Å²) in [4.78, 5) is 19.2. The van der Waals surface area contributed by atoms with E-state index in [2.05, 4.69) is 14.3 Å². The van der Waals surface area contributed by atoms with Gasteiger partial charge in [0, 0.05) is 12.1 Å². The second kappa shape index (κ2) is 4.66. The number of rotatable bonds is 4. The van der Waals surface area contributed by atoms with Crippen LogP contribution in [0.4, 0.5) is 0 Å². The molecule has 1 saturated carbocycles. The Hall–Kier alpha value is -1.47. The molecule has 18 heavy (non-hydrogen) atoms. The molecule has 92 valence electrons. The van der Waals surface area contributed by atoms with Crippen molar-refractivity contribution < 1.29 is 9.90 Å². The van der Waals surface area contributed by atoms with Gasteiger partial charge in [0.25, 0.3) is 0 Å². The van der Waals surface area contributed by atoms with Crippen LogP contribution in [0.2, 0.25) is 0 Å². The highest BCUT2D eigenvalue weighted by molar-refractivity contribution is 8.00. The zero-order valence-corrected chi connectivity index (χ0v) is 10.9. The number of carbonyl (C=O) groups is 1. The lowest BCUT2D eigenvalue weighted by molar-refractivity contribution is 0.0696. The molecule has 5 nitrogen and oxygen atoms in total. The highest BCUT2D eigenvalue weighted by Gasteiger charge is 2.27. The van der Waals surface area contributed by atoms with Crippen LogP contribution in [0.15, 0.2) is 27.7 Å². The van der Waals surface area contributed by atoms with Gasteiger partial charge in [0.15, 0.2) is 4.34 Å². The number of hydrogen-bond acceptors (Lipinski definition) is 6. The van der Waals surface area contributed by atoms with Crippen LogP contribution in [0.1, 0.15) is 34.9 Å². The summed E-state index contributed by atoms with van der Waals surface area (Å²) in [7, 11) is 0. The smallest absolute Gasteiger partial charge is 0.337 e. The third kappa shape index (κ3) is 2.51. The van der Waals surface area contributed by atoms with E-state index in [1.54, 1.807) is 12.1 Å². The maximum Gasteiger partial charge on any atom is 0.337 e. The fourth-order valence-electron chi connectivity index (χ4n) is 1.43. The van der Waals surface area contributed by atoms with Gasteiger partial charge in [-0.3, -0.25) is 0 Å². The first-order valence-corrected chi connectivity index (χ1v) is 7.02. The molecule has 0 atom stereocenters. The summed E-state index contributed by atoms with van der Waals surface area (Å²) in [6, 6.07) is 3.23. The van der Waals surface area contributed by atoms with Crippen molar-refractivity contribution in [1.29, 1.82) is 0 Å². The molecule has 0 aliphatic heterocycles. The molecule has 1 N–H and O–H groups in total. The predicted octanol–water partition coefficient (Wildman–Crippen LogP) is 2.66. The monoisotopic (exact) mass is 279 g/mol. The van der Waals surface area contributed by atoms with Crippen LogP contribution in [-0.4, -0.2) is 25.4 Å². The molecule has 0 saturated heterocycles. The number of carboxylic acid groups (broad SMARTS) is 1. The fourth-order valence-corrected chi connectivity index (χ4v) is 3.00.